The number of anilines is 1. The maximum atomic E-state index is 10.5. The number of nitrogens with one attached hydrogen (secondary N) is 1. The van der Waals surface area contributed by atoms with Gasteiger partial charge in [0, 0.05) is 24.7 Å². The largest absolute Gasteiger partial charge is 0.387 e. The second-order valence-corrected chi connectivity index (χ2v) is 7.52. The predicted molar refractivity (Wildman–Crippen MR) is 111 cm³/mol. The molecule has 0 radical (unpaired) electrons. The number of hydrogen-bond acceptors (Lipinski definition) is 10. The minimum absolute atomic E-state index is 0.242. The first-order valence-corrected chi connectivity index (χ1v) is 9.98. The molecular weight excluding hydrogens is 402 g/mol. The highest BCUT2D eigenvalue weighted by molar-refractivity contribution is 5.81. The smallest absolute Gasteiger partial charge is 0.167 e. The SMILES string of the molecule is Cc1nn(CCNCC2OC(n3cnc4c(N)ncnc43)C(O)C2O)c2ncccc12. The van der Waals surface area contributed by atoms with Crippen LogP contribution in [0.2, 0.25) is 0 Å². The number of aryl methyl sites for hydroxylation is 1. The van der Waals surface area contributed by atoms with Crippen molar-refractivity contribution in [3.05, 3.63) is 36.7 Å². The highest BCUT2D eigenvalue weighted by atomic mass is 16.6. The molecule has 1 fully saturated rings. The summed E-state index contributed by atoms with van der Waals surface area (Å²) in [7, 11) is 0. The van der Waals surface area contributed by atoms with E-state index >= 15 is 0 Å². The average molecular weight is 425 g/mol. The van der Waals surface area contributed by atoms with E-state index in [0.29, 0.717) is 30.8 Å². The van der Waals surface area contributed by atoms with Crippen LogP contribution in [0.5, 0.6) is 0 Å². The van der Waals surface area contributed by atoms with E-state index in [0.717, 1.165) is 16.7 Å². The van der Waals surface area contributed by atoms with Crippen LogP contribution in [0.25, 0.3) is 22.2 Å². The van der Waals surface area contributed by atoms with Gasteiger partial charge in [0.25, 0.3) is 0 Å². The van der Waals surface area contributed by atoms with Crippen LogP contribution in [0.3, 0.4) is 0 Å². The van der Waals surface area contributed by atoms with Crippen LogP contribution in [0, 0.1) is 6.92 Å². The third kappa shape index (κ3) is 3.39. The molecule has 4 aromatic rings. The molecule has 4 aromatic heterocycles. The Hall–Kier alpha value is -3.19. The Labute approximate surface area is 176 Å². The number of nitrogens with zero attached hydrogens (tertiary/aromatic N) is 7. The summed E-state index contributed by atoms with van der Waals surface area (Å²) >= 11 is 0. The maximum absolute atomic E-state index is 10.5. The van der Waals surface area contributed by atoms with Gasteiger partial charge in [-0.2, -0.15) is 5.10 Å². The molecule has 0 aromatic carbocycles. The van der Waals surface area contributed by atoms with E-state index in [-0.39, 0.29) is 5.82 Å². The molecule has 5 N–H and O–H groups in total. The first-order chi connectivity index (χ1) is 15.0. The molecule has 12 nitrogen and oxygen atoms in total. The molecule has 4 unspecified atom stereocenters. The van der Waals surface area contributed by atoms with Gasteiger partial charge in [-0.3, -0.25) is 4.57 Å². The molecule has 162 valence electrons. The summed E-state index contributed by atoms with van der Waals surface area (Å²) in [4.78, 5) is 16.7. The van der Waals surface area contributed by atoms with Crippen LogP contribution in [0.4, 0.5) is 5.82 Å². The molecule has 12 heteroatoms. The van der Waals surface area contributed by atoms with Gasteiger partial charge in [0.2, 0.25) is 0 Å². The van der Waals surface area contributed by atoms with Crippen molar-refractivity contribution < 1.29 is 14.9 Å². The van der Waals surface area contributed by atoms with E-state index in [1.807, 2.05) is 23.7 Å². The lowest BCUT2D eigenvalue weighted by atomic mass is 10.1. The maximum Gasteiger partial charge on any atom is 0.167 e. The van der Waals surface area contributed by atoms with Crippen molar-refractivity contribution in [2.45, 2.75) is 38.0 Å². The first kappa shape index (κ1) is 19.8. The normalized spacial score (nSPS) is 23.8. The molecule has 1 aliphatic heterocycles. The molecule has 1 aliphatic rings. The Balaban J connectivity index is 1.23. The van der Waals surface area contributed by atoms with Gasteiger partial charge in [0.05, 0.1) is 18.6 Å². The molecule has 0 spiro atoms. The second kappa shape index (κ2) is 7.81. The topological polar surface area (TPSA) is 162 Å². The van der Waals surface area contributed by atoms with E-state index in [9.17, 15) is 10.2 Å². The van der Waals surface area contributed by atoms with Gasteiger partial charge in [-0.15, -0.1) is 0 Å². The fourth-order valence-corrected chi connectivity index (χ4v) is 3.94. The summed E-state index contributed by atoms with van der Waals surface area (Å²) < 4.78 is 9.34. The minimum atomic E-state index is -1.14. The third-order valence-electron chi connectivity index (χ3n) is 5.54. The van der Waals surface area contributed by atoms with Crippen LogP contribution in [0.1, 0.15) is 11.9 Å². The number of pyridine rings is 1. The zero-order valence-corrected chi connectivity index (χ0v) is 16.8. The molecule has 0 amide bonds. The lowest BCUT2D eigenvalue weighted by Crippen LogP contribution is -2.38. The van der Waals surface area contributed by atoms with E-state index < -0.39 is 24.5 Å². The van der Waals surface area contributed by atoms with Crippen LogP contribution in [-0.4, -0.2) is 75.9 Å². The number of ether oxygens (including phenoxy) is 1. The third-order valence-corrected chi connectivity index (χ3v) is 5.54. The second-order valence-electron chi connectivity index (χ2n) is 7.52. The molecule has 4 atom stereocenters. The van der Waals surface area contributed by atoms with E-state index in [1.165, 1.54) is 12.7 Å². The summed E-state index contributed by atoms with van der Waals surface area (Å²) in [5.41, 5.74) is 8.45. The average Bonchev–Trinajstić information content (AvgIpc) is 3.42. The Bertz CT molecular complexity index is 1220. The fraction of sp³-hybridized carbons (Fsp3) is 0.421. The number of imidazole rings is 1. The number of rotatable bonds is 6. The summed E-state index contributed by atoms with van der Waals surface area (Å²) in [6.07, 6.45) is 0.905. The molecule has 0 bridgehead atoms. The van der Waals surface area contributed by atoms with Crippen LogP contribution in [-0.2, 0) is 11.3 Å². The van der Waals surface area contributed by atoms with Crippen molar-refractivity contribution in [3.63, 3.8) is 0 Å². The van der Waals surface area contributed by atoms with Gasteiger partial charge < -0.3 is 26.0 Å². The Morgan fingerprint density at radius 3 is 2.90 bits per heavy atom. The molecule has 0 aliphatic carbocycles. The molecule has 5 rings (SSSR count). The van der Waals surface area contributed by atoms with Crippen molar-refractivity contribution in [1.29, 1.82) is 0 Å². The number of hydrogen-bond donors (Lipinski definition) is 4. The van der Waals surface area contributed by atoms with Crippen LogP contribution < -0.4 is 11.1 Å². The number of aliphatic hydroxyl groups excluding tert-OH is 2. The summed E-state index contributed by atoms with van der Waals surface area (Å²) in [6.45, 7) is 3.51. The number of nitrogen functional groups attached to an aromatic ring is 1. The van der Waals surface area contributed by atoms with Crippen molar-refractivity contribution in [1.82, 2.24) is 39.6 Å². The van der Waals surface area contributed by atoms with Crippen molar-refractivity contribution in [2.75, 3.05) is 18.8 Å². The predicted octanol–water partition coefficient (Wildman–Crippen LogP) is -0.629. The highest BCUT2D eigenvalue weighted by Gasteiger charge is 2.44. The van der Waals surface area contributed by atoms with Crippen molar-refractivity contribution in [2.24, 2.45) is 0 Å². The number of aliphatic hydroxyl groups is 2. The summed E-state index contributed by atoms with van der Waals surface area (Å²) in [5.74, 6) is 0.242. The quantitative estimate of drug-likeness (QED) is 0.293. The molecular formula is C19H23N9O3. The van der Waals surface area contributed by atoms with Gasteiger partial charge in [-0.05, 0) is 19.1 Å². The number of fused-ring (bicyclic) bond motifs is 2. The lowest BCUT2D eigenvalue weighted by Gasteiger charge is -2.16. The monoisotopic (exact) mass is 425 g/mol. The van der Waals surface area contributed by atoms with Gasteiger partial charge in [0.1, 0.15) is 30.2 Å². The molecule has 0 saturated carbocycles. The van der Waals surface area contributed by atoms with Gasteiger partial charge in [0.15, 0.2) is 23.3 Å². The number of nitrogens with two attached hydrogens (primary N) is 1. The van der Waals surface area contributed by atoms with E-state index in [1.54, 1.807) is 10.8 Å². The van der Waals surface area contributed by atoms with Crippen LogP contribution in [0.15, 0.2) is 31.0 Å². The molecule has 31 heavy (non-hydrogen) atoms. The van der Waals surface area contributed by atoms with Gasteiger partial charge in [-0.25, -0.2) is 24.6 Å². The lowest BCUT2D eigenvalue weighted by molar-refractivity contribution is -0.0341. The molecule has 5 heterocycles. The zero-order chi connectivity index (χ0) is 21.5. The molecule has 1 saturated heterocycles. The fourth-order valence-electron chi connectivity index (χ4n) is 3.94. The number of aromatic nitrogens is 7. The Morgan fingerprint density at radius 1 is 1.16 bits per heavy atom. The van der Waals surface area contributed by atoms with Crippen molar-refractivity contribution >= 4 is 28.0 Å². The van der Waals surface area contributed by atoms with Crippen LogP contribution >= 0.6 is 0 Å². The summed E-state index contributed by atoms with van der Waals surface area (Å²) in [6, 6.07) is 3.89. The first-order valence-electron chi connectivity index (χ1n) is 9.98. The Kier molecular flexibility index (Phi) is 4.98. The van der Waals surface area contributed by atoms with Gasteiger partial charge in [-0.1, -0.05) is 0 Å². The van der Waals surface area contributed by atoms with Crippen molar-refractivity contribution in [3.8, 4) is 0 Å². The minimum Gasteiger partial charge on any atom is -0.387 e. The zero-order valence-electron chi connectivity index (χ0n) is 16.8. The Morgan fingerprint density at radius 2 is 2.03 bits per heavy atom. The van der Waals surface area contributed by atoms with E-state index in [4.69, 9.17) is 10.5 Å². The summed E-state index contributed by atoms with van der Waals surface area (Å²) in [5, 5.41) is 29.8. The van der Waals surface area contributed by atoms with Gasteiger partial charge >= 0.3 is 0 Å². The highest BCUT2D eigenvalue weighted by Crippen LogP contribution is 2.31. The van der Waals surface area contributed by atoms with E-state index in [2.05, 4.69) is 30.4 Å². The standard InChI is InChI=1S/C19H23N9O3/c1-10-11-3-2-4-22-17(11)28(26-10)6-5-21-7-12-14(29)15(30)19(31-12)27-9-25-13-16(20)23-8-24-18(13)27/h2-4,8-9,12,14-15,19,21,29-30H,5-7H2,1H3,(H2,20,23,24).